The monoisotopic (exact) mass is 314 g/mol. The molecule has 23 heavy (non-hydrogen) atoms. The van der Waals surface area contributed by atoms with E-state index in [0.29, 0.717) is 25.1 Å². The quantitative estimate of drug-likeness (QED) is 0.906. The minimum absolute atomic E-state index is 0.0562. The molecular weight excluding hydrogens is 292 g/mol. The van der Waals surface area contributed by atoms with E-state index in [1.807, 2.05) is 39.0 Å². The second kappa shape index (κ2) is 6.50. The lowest BCUT2D eigenvalue weighted by Gasteiger charge is -2.25. The Hall–Kier alpha value is -2.21. The zero-order chi connectivity index (χ0) is 16.4. The van der Waals surface area contributed by atoms with Gasteiger partial charge in [-0.1, -0.05) is 6.07 Å². The first-order chi connectivity index (χ1) is 11.0. The normalized spacial score (nSPS) is 20.1. The Morgan fingerprint density at radius 2 is 2.26 bits per heavy atom. The van der Waals surface area contributed by atoms with Crippen LogP contribution in [0.5, 0.6) is 0 Å². The van der Waals surface area contributed by atoms with E-state index >= 15 is 0 Å². The molecule has 6 heteroatoms. The van der Waals surface area contributed by atoms with Gasteiger partial charge in [0, 0.05) is 36.3 Å². The third-order valence-corrected chi connectivity index (χ3v) is 4.06. The largest absolute Gasteiger partial charge is 0.369 e. The highest BCUT2D eigenvalue weighted by molar-refractivity contribution is 5.94. The zero-order valence-corrected chi connectivity index (χ0v) is 13.7. The molecule has 2 aromatic heterocycles. The van der Waals surface area contributed by atoms with E-state index in [1.165, 1.54) is 0 Å². The van der Waals surface area contributed by atoms with Crippen LogP contribution in [0.25, 0.3) is 0 Å². The summed E-state index contributed by atoms with van der Waals surface area (Å²) < 4.78 is 5.74. The summed E-state index contributed by atoms with van der Waals surface area (Å²) in [7, 11) is 0. The third kappa shape index (κ3) is 3.42. The summed E-state index contributed by atoms with van der Waals surface area (Å²) in [5, 5.41) is 10.1. The van der Waals surface area contributed by atoms with Crippen molar-refractivity contribution >= 4 is 5.91 Å². The summed E-state index contributed by atoms with van der Waals surface area (Å²) in [6, 6.07) is 5.91. The molecule has 1 aliphatic rings. The number of hydrogen-bond acceptors (Lipinski definition) is 4. The summed E-state index contributed by atoms with van der Waals surface area (Å²) in [4.78, 5) is 16.8. The maximum absolute atomic E-state index is 12.4. The second-order valence-corrected chi connectivity index (χ2v) is 6.03. The Labute approximate surface area is 135 Å². The van der Waals surface area contributed by atoms with Gasteiger partial charge in [-0.2, -0.15) is 5.10 Å². The first-order valence-electron chi connectivity index (χ1n) is 7.98. The van der Waals surface area contributed by atoms with Gasteiger partial charge in [0.1, 0.15) is 0 Å². The predicted molar refractivity (Wildman–Crippen MR) is 86.3 cm³/mol. The van der Waals surface area contributed by atoms with Crippen molar-refractivity contribution in [2.75, 3.05) is 6.54 Å². The molecular formula is C17H22N4O2. The molecule has 0 spiro atoms. The van der Waals surface area contributed by atoms with Crippen molar-refractivity contribution in [2.45, 2.75) is 45.8 Å². The number of aromatic nitrogens is 3. The topological polar surface area (TPSA) is 79.9 Å². The van der Waals surface area contributed by atoms with E-state index in [4.69, 9.17) is 4.74 Å². The van der Waals surface area contributed by atoms with Crippen molar-refractivity contribution in [2.24, 2.45) is 0 Å². The van der Waals surface area contributed by atoms with E-state index in [2.05, 4.69) is 20.5 Å². The second-order valence-electron chi connectivity index (χ2n) is 6.03. The number of rotatable bonds is 4. The first-order valence-corrected chi connectivity index (χ1v) is 7.98. The number of hydrogen-bond donors (Lipinski definition) is 2. The molecule has 2 atom stereocenters. The average Bonchev–Trinajstić information content (AvgIpc) is 2.91. The van der Waals surface area contributed by atoms with Crippen molar-refractivity contribution in [3.8, 4) is 0 Å². The van der Waals surface area contributed by atoms with Gasteiger partial charge in [0.25, 0.3) is 5.91 Å². The number of pyridine rings is 1. The predicted octanol–water partition coefficient (Wildman–Crippen LogP) is 2.11. The molecule has 0 radical (unpaired) electrons. The summed E-state index contributed by atoms with van der Waals surface area (Å²) in [5.41, 5.74) is 4.33. The Morgan fingerprint density at radius 3 is 3.04 bits per heavy atom. The number of aryl methyl sites for hydroxylation is 1. The highest BCUT2D eigenvalue weighted by Gasteiger charge is 2.29. The highest BCUT2D eigenvalue weighted by atomic mass is 16.5. The lowest BCUT2D eigenvalue weighted by molar-refractivity contribution is -0.00697. The number of aromatic amines is 1. The standard InChI is InChI=1S/C17H22N4O2/c1-10-5-4-6-13(19-10)7-8-18-17(22)16-14-9-11(2)23-12(3)15(14)20-21-16/h4-6,11-12H,7-9H2,1-3H3,(H,18,22)(H,20,21)/t11-,12+/m1/s1. The fourth-order valence-electron chi connectivity index (χ4n) is 2.99. The molecule has 0 aromatic carbocycles. The molecule has 3 heterocycles. The molecule has 122 valence electrons. The first kappa shape index (κ1) is 15.7. The molecule has 0 bridgehead atoms. The SMILES string of the molecule is Cc1cccc(CCNC(=O)c2n[nH]c3c2C[C@@H](C)O[C@H]3C)n1. The fourth-order valence-corrected chi connectivity index (χ4v) is 2.99. The van der Waals surface area contributed by atoms with E-state index in [-0.39, 0.29) is 18.1 Å². The Kier molecular flexibility index (Phi) is 4.43. The van der Waals surface area contributed by atoms with Gasteiger partial charge < -0.3 is 10.1 Å². The molecule has 3 rings (SSSR count). The summed E-state index contributed by atoms with van der Waals surface area (Å²) in [6.07, 6.45) is 1.45. The average molecular weight is 314 g/mol. The molecule has 0 aliphatic carbocycles. The van der Waals surface area contributed by atoms with Crippen LogP contribution >= 0.6 is 0 Å². The van der Waals surface area contributed by atoms with Gasteiger partial charge in [0.15, 0.2) is 5.69 Å². The Morgan fingerprint density at radius 1 is 1.43 bits per heavy atom. The van der Waals surface area contributed by atoms with Gasteiger partial charge in [0.05, 0.1) is 17.9 Å². The molecule has 2 aromatic rings. The smallest absolute Gasteiger partial charge is 0.272 e. The van der Waals surface area contributed by atoms with E-state index < -0.39 is 0 Å². The van der Waals surface area contributed by atoms with Crippen LogP contribution in [-0.2, 0) is 17.6 Å². The number of amides is 1. The molecule has 1 amide bonds. The Balaban J connectivity index is 1.63. The molecule has 0 saturated carbocycles. The van der Waals surface area contributed by atoms with Gasteiger partial charge in [-0.25, -0.2) is 0 Å². The van der Waals surface area contributed by atoms with Gasteiger partial charge in [-0.05, 0) is 32.9 Å². The van der Waals surface area contributed by atoms with Crippen LogP contribution in [0.2, 0.25) is 0 Å². The van der Waals surface area contributed by atoms with Crippen LogP contribution in [0, 0.1) is 6.92 Å². The zero-order valence-electron chi connectivity index (χ0n) is 13.7. The number of carbonyl (C=O) groups excluding carboxylic acids is 1. The van der Waals surface area contributed by atoms with E-state index in [9.17, 15) is 4.79 Å². The van der Waals surface area contributed by atoms with Crippen LogP contribution in [-0.4, -0.2) is 33.7 Å². The number of nitrogens with zero attached hydrogens (tertiary/aromatic N) is 2. The highest BCUT2D eigenvalue weighted by Crippen LogP contribution is 2.29. The molecule has 0 saturated heterocycles. The molecule has 0 unspecified atom stereocenters. The van der Waals surface area contributed by atoms with Crippen LogP contribution in [0.1, 0.15) is 53.1 Å². The van der Waals surface area contributed by atoms with Crippen LogP contribution in [0.4, 0.5) is 0 Å². The number of fused-ring (bicyclic) bond motifs is 1. The number of H-pyrrole nitrogens is 1. The number of nitrogens with one attached hydrogen (secondary N) is 2. The Bertz CT molecular complexity index is 710. The molecule has 0 fully saturated rings. The van der Waals surface area contributed by atoms with Crippen molar-refractivity contribution in [1.82, 2.24) is 20.5 Å². The lowest BCUT2D eigenvalue weighted by Crippen LogP contribution is -2.29. The summed E-state index contributed by atoms with van der Waals surface area (Å²) in [6.45, 7) is 6.48. The van der Waals surface area contributed by atoms with Gasteiger partial charge in [-0.3, -0.25) is 14.9 Å². The van der Waals surface area contributed by atoms with Crippen LogP contribution in [0.15, 0.2) is 18.2 Å². The summed E-state index contributed by atoms with van der Waals surface area (Å²) in [5.74, 6) is -0.142. The van der Waals surface area contributed by atoms with Gasteiger partial charge >= 0.3 is 0 Å². The van der Waals surface area contributed by atoms with Gasteiger partial charge in [0.2, 0.25) is 0 Å². The summed E-state index contributed by atoms with van der Waals surface area (Å²) >= 11 is 0. The molecule has 1 aliphatic heterocycles. The van der Waals surface area contributed by atoms with E-state index in [1.54, 1.807) is 0 Å². The third-order valence-electron chi connectivity index (χ3n) is 4.06. The van der Waals surface area contributed by atoms with Crippen molar-refractivity contribution in [3.05, 3.63) is 46.5 Å². The fraction of sp³-hybridized carbons (Fsp3) is 0.471. The van der Waals surface area contributed by atoms with Crippen LogP contribution < -0.4 is 5.32 Å². The van der Waals surface area contributed by atoms with Crippen molar-refractivity contribution in [1.29, 1.82) is 0 Å². The van der Waals surface area contributed by atoms with Gasteiger partial charge in [-0.15, -0.1) is 0 Å². The molecule has 6 nitrogen and oxygen atoms in total. The maximum atomic E-state index is 12.4. The number of carbonyl (C=O) groups is 1. The lowest BCUT2D eigenvalue weighted by atomic mass is 9.99. The minimum atomic E-state index is -0.142. The van der Waals surface area contributed by atoms with Crippen molar-refractivity contribution in [3.63, 3.8) is 0 Å². The minimum Gasteiger partial charge on any atom is -0.369 e. The van der Waals surface area contributed by atoms with E-state index in [0.717, 1.165) is 22.6 Å². The van der Waals surface area contributed by atoms with Crippen molar-refractivity contribution < 1.29 is 9.53 Å². The van der Waals surface area contributed by atoms with Crippen LogP contribution in [0.3, 0.4) is 0 Å². The molecule has 2 N–H and O–H groups in total. The number of ether oxygens (including phenoxy) is 1. The maximum Gasteiger partial charge on any atom is 0.272 e.